The van der Waals surface area contributed by atoms with E-state index in [1.54, 1.807) is 0 Å². The Labute approximate surface area is 80.0 Å². The molecule has 4 heteroatoms. The predicted octanol–water partition coefficient (Wildman–Crippen LogP) is 2.77. The molecule has 0 rings (SSSR count). The second-order valence-corrected chi connectivity index (χ2v) is 10.2. The highest BCUT2D eigenvalue weighted by molar-refractivity contribution is 7.20. The molecule has 1 atom stereocenters. The average Bonchev–Trinajstić information content (AvgIpc) is 1.96. The summed E-state index contributed by atoms with van der Waals surface area (Å²) in [4.78, 5) is 11.3. The lowest BCUT2D eigenvalue weighted by atomic mass is 10.2. The van der Waals surface area contributed by atoms with E-state index >= 15 is 0 Å². The first-order chi connectivity index (χ1) is 5.43. The SMILES string of the molecule is CCCC(C(=O)OC)[Si](C)(C)Cl. The molecule has 0 N–H and O–H groups in total. The number of rotatable bonds is 4. The van der Waals surface area contributed by atoms with Gasteiger partial charge in [0.1, 0.15) is 0 Å². The zero-order chi connectivity index (χ0) is 9.78. The largest absolute Gasteiger partial charge is 0.469 e. The summed E-state index contributed by atoms with van der Waals surface area (Å²) in [5.74, 6) is -0.150. The molecule has 0 fully saturated rings. The molecule has 1 unspecified atom stereocenters. The van der Waals surface area contributed by atoms with Crippen LogP contribution in [-0.2, 0) is 9.53 Å². The number of esters is 1. The summed E-state index contributed by atoms with van der Waals surface area (Å²) in [7, 11) is -0.475. The first-order valence-corrected chi connectivity index (χ1v) is 8.29. The molecule has 12 heavy (non-hydrogen) atoms. The Morgan fingerprint density at radius 1 is 1.58 bits per heavy atom. The van der Waals surface area contributed by atoms with Gasteiger partial charge in [0.25, 0.3) is 0 Å². The fourth-order valence-electron chi connectivity index (χ4n) is 1.17. The Hall–Kier alpha value is -0.0231. The van der Waals surface area contributed by atoms with Gasteiger partial charge in [0.2, 0.25) is 0 Å². The zero-order valence-electron chi connectivity index (χ0n) is 8.19. The average molecular weight is 209 g/mol. The summed E-state index contributed by atoms with van der Waals surface area (Å²) in [5, 5.41) is 0. The molecular weight excluding hydrogens is 192 g/mol. The molecular formula is C8H17ClO2Si. The minimum atomic E-state index is -1.89. The van der Waals surface area contributed by atoms with Gasteiger partial charge in [-0.25, -0.2) is 0 Å². The van der Waals surface area contributed by atoms with Crippen LogP contribution in [0.3, 0.4) is 0 Å². The maximum absolute atomic E-state index is 11.3. The van der Waals surface area contributed by atoms with E-state index in [9.17, 15) is 4.79 Å². The van der Waals surface area contributed by atoms with Crippen molar-refractivity contribution in [3.05, 3.63) is 0 Å². The van der Waals surface area contributed by atoms with Crippen molar-refractivity contribution < 1.29 is 9.53 Å². The molecule has 0 saturated carbocycles. The summed E-state index contributed by atoms with van der Waals surface area (Å²) < 4.78 is 4.70. The maximum atomic E-state index is 11.3. The van der Waals surface area contributed by atoms with E-state index in [1.807, 2.05) is 20.0 Å². The summed E-state index contributed by atoms with van der Waals surface area (Å²) in [6.45, 7) is 6.00. The fraction of sp³-hybridized carbons (Fsp3) is 0.875. The molecule has 0 aromatic carbocycles. The summed E-state index contributed by atoms with van der Waals surface area (Å²) in [6.07, 6.45) is 1.82. The van der Waals surface area contributed by atoms with Crippen LogP contribution in [0.25, 0.3) is 0 Å². The van der Waals surface area contributed by atoms with Crippen LogP contribution in [0.5, 0.6) is 0 Å². The summed E-state index contributed by atoms with van der Waals surface area (Å²) in [5.41, 5.74) is -0.0610. The number of methoxy groups -OCH3 is 1. The van der Waals surface area contributed by atoms with Gasteiger partial charge in [-0.2, -0.15) is 11.1 Å². The molecule has 0 aromatic rings. The third-order valence-electron chi connectivity index (χ3n) is 1.89. The van der Waals surface area contributed by atoms with Crippen LogP contribution in [0.2, 0.25) is 18.6 Å². The normalized spacial score (nSPS) is 14.1. The maximum Gasteiger partial charge on any atom is 0.307 e. The van der Waals surface area contributed by atoms with Crippen molar-refractivity contribution in [1.82, 2.24) is 0 Å². The second-order valence-electron chi connectivity index (χ2n) is 3.43. The number of halogens is 1. The molecule has 0 aliphatic heterocycles. The molecule has 0 amide bonds. The Balaban J connectivity index is 4.33. The fourth-order valence-corrected chi connectivity index (χ4v) is 3.42. The third kappa shape index (κ3) is 3.58. The number of carbonyl (C=O) groups is 1. The predicted molar refractivity (Wildman–Crippen MR) is 54.0 cm³/mol. The highest BCUT2D eigenvalue weighted by atomic mass is 35.6. The van der Waals surface area contributed by atoms with Gasteiger partial charge in [0, 0.05) is 0 Å². The van der Waals surface area contributed by atoms with Crippen LogP contribution in [0.1, 0.15) is 19.8 Å². The van der Waals surface area contributed by atoms with Gasteiger partial charge in [-0.15, -0.1) is 0 Å². The van der Waals surface area contributed by atoms with Crippen LogP contribution in [0, 0.1) is 0 Å². The van der Waals surface area contributed by atoms with Gasteiger partial charge in [-0.05, 0) is 6.42 Å². The van der Waals surface area contributed by atoms with Gasteiger partial charge in [0.15, 0.2) is 7.38 Å². The van der Waals surface area contributed by atoms with E-state index in [2.05, 4.69) is 0 Å². The van der Waals surface area contributed by atoms with E-state index in [-0.39, 0.29) is 11.5 Å². The zero-order valence-corrected chi connectivity index (χ0v) is 9.94. The van der Waals surface area contributed by atoms with Crippen LogP contribution in [0.15, 0.2) is 0 Å². The lowest BCUT2D eigenvalue weighted by molar-refractivity contribution is -0.140. The van der Waals surface area contributed by atoms with E-state index in [1.165, 1.54) is 7.11 Å². The molecule has 0 spiro atoms. The standard InChI is InChI=1S/C8H17ClO2Si/c1-5-6-7(8(10)11-2)12(3,4)9/h7H,5-6H2,1-4H3. The van der Waals surface area contributed by atoms with Crippen LogP contribution >= 0.6 is 11.1 Å². The smallest absolute Gasteiger partial charge is 0.307 e. The lowest BCUT2D eigenvalue weighted by Crippen LogP contribution is -2.32. The van der Waals surface area contributed by atoms with Gasteiger partial charge in [0.05, 0.1) is 12.7 Å². The molecule has 0 aliphatic rings. The minimum absolute atomic E-state index is 0.0610. The highest BCUT2D eigenvalue weighted by Gasteiger charge is 2.35. The van der Waals surface area contributed by atoms with Crippen molar-refractivity contribution in [1.29, 1.82) is 0 Å². The van der Waals surface area contributed by atoms with Crippen molar-refractivity contribution in [3.8, 4) is 0 Å². The molecule has 0 radical (unpaired) electrons. The molecule has 0 aliphatic carbocycles. The van der Waals surface area contributed by atoms with E-state index in [0.29, 0.717) is 0 Å². The van der Waals surface area contributed by atoms with Crippen molar-refractivity contribution in [2.45, 2.75) is 38.4 Å². The molecule has 0 aromatic heterocycles. The Kier molecular flexibility index (Phi) is 4.86. The second kappa shape index (κ2) is 4.87. The number of ether oxygens (including phenoxy) is 1. The molecule has 72 valence electrons. The molecule has 0 saturated heterocycles. The molecule has 0 heterocycles. The van der Waals surface area contributed by atoms with Crippen molar-refractivity contribution in [3.63, 3.8) is 0 Å². The highest BCUT2D eigenvalue weighted by Crippen LogP contribution is 2.31. The molecule has 2 nitrogen and oxygen atoms in total. The van der Waals surface area contributed by atoms with Crippen molar-refractivity contribution in [2.75, 3.05) is 7.11 Å². The quantitative estimate of drug-likeness (QED) is 0.404. The number of carbonyl (C=O) groups excluding carboxylic acids is 1. The topological polar surface area (TPSA) is 26.3 Å². The molecule has 0 bridgehead atoms. The van der Waals surface area contributed by atoms with Gasteiger partial charge >= 0.3 is 5.97 Å². The number of hydrogen-bond donors (Lipinski definition) is 0. The van der Waals surface area contributed by atoms with Crippen LogP contribution in [-0.4, -0.2) is 20.5 Å². The summed E-state index contributed by atoms with van der Waals surface area (Å²) >= 11 is 6.19. The van der Waals surface area contributed by atoms with Crippen LogP contribution in [0.4, 0.5) is 0 Å². The van der Waals surface area contributed by atoms with Gasteiger partial charge in [-0.1, -0.05) is 26.4 Å². The van der Waals surface area contributed by atoms with Gasteiger partial charge < -0.3 is 4.74 Å². The van der Waals surface area contributed by atoms with E-state index in [4.69, 9.17) is 15.8 Å². The summed E-state index contributed by atoms with van der Waals surface area (Å²) in [6, 6.07) is 0. The van der Waals surface area contributed by atoms with Crippen LogP contribution < -0.4 is 0 Å². The van der Waals surface area contributed by atoms with Crippen molar-refractivity contribution >= 4 is 24.4 Å². The van der Waals surface area contributed by atoms with Gasteiger partial charge in [-0.3, -0.25) is 4.79 Å². The first-order valence-electron chi connectivity index (χ1n) is 4.20. The minimum Gasteiger partial charge on any atom is -0.469 e. The lowest BCUT2D eigenvalue weighted by Gasteiger charge is -2.23. The number of hydrogen-bond acceptors (Lipinski definition) is 2. The third-order valence-corrected chi connectivity index (χ3v) is 4.86. The Morgan fingerprint density at radius 2 is 2.08 bits per heavy atom. The van der Waals surface area contributed by atoms with E-state index in [0.717, 1.165) is 12.8 Å². The Morgan fingerprint density at radius 3 is 2.33 bits per heavy atom. The monoisotopic (exact) mass is 208 g/mol. The van der Waals surface area contributed by atoms with E-state index < -0.39 is 7.38 Å². The Bertz CT molecular complexity index is 154. The van der Waals surface area contributed by atoms with Crippen molar-refractivity contribution in [2.24, 2.45) is 0 Å². The first kappa shape index (κ1) is 12.0.